The summed E-state index contributed by atoms with van der Waals surface area (Å²) in [5.74, 6) is 0.206. The summed E-state index contributed by atoms with van der Waals surface area (Å²) in [5, 5.41) is 8.70. The maximum atomic E-state index is 15.1. The van der Waals surface area contributed by atoms with Crippen LogP contribution in [0.4, 0.5) is 0 Å². The van der Waals surface area contributed by atoms with E-state index in [9.17, 15) is 9.59 Å². The van der Waals surface area contributed by atoms with E-state index in [1.807, 2.05) is 66.4 Å². The molecule has 262 valence electrons. The first kappa shape index (κ1) is 37.2. The number of ether oxygens (including phenoxy) is 2. The Morgan fingerprint density at radius 2 is 1.51 bits per heavy atom. The van der Waals surface area contributed by atoms with Crippen LogP contribution in [-0.2, 0) is 20.0 Å². The van der Waals surface area contributed by atoms with Gasteiger partial charge in [-0.25, -0.2) is 0 Å². The molecule has 1 amide bonds. The van der Waals surface area contributed by atoms with E-state index >= 15 is 4.79 Å². The topological polar surface area (TPSA) is 103 Å². The van der Waals surface area contributed by atoms with Gasteiger partial charge in [0.1, 0.15) is 18.3 Å². The van der Waals surface area contributed by atoms with Crippen molar-refractivity contribution in [1.29, 1.82) is 0 Å². The molecule has 10 nitrogen and oxygen atoms in total. The molecule has 0 aliphatic carbocycles. The number of Topliss-reactive ketones (excluding diaryl/α,β-unsaturated/α-hetero) is 1. The lowest BCUT2D eigenvalue weighted by Gasteiger charge is -2.44. The highest BCUT2D eigenvalue weighted by Crippen LogP contribution is 2.45. The summed E-state index contributed by atoms with van der Waals surface area (Å²) in [4.78, 5) is 44.9. The van der Waals surface area contributed by atoms with Crippen molar-refractivity contribution in [2.75, 3.05) is 59.0 Å². The number of amides is 1. The van der Waals surface area contributed by atoms with Crippen LogP contribution < -0.4 is 15.4 Å². The molecule has 0 spiro atoms. The highest BCUT2D eigenvalue weighted by molar-refractivity contribution is 6.30. The van der Waals surface area contributed by atoms with E-state index in [1.54, 1.807) is 12.1 Å². The number of rotatable bonds is 10. The summed E-state index contributed by atoms with van der Waals surface area (Å²) in [6, 6.07) is 19.8. The number of ketones is 1. The molecule has 2 N–H and O–H groups in total. The van der Waals surface area contributed by atoms with Crippen LogP contribution in [0.15, 0.2) is 66.7 Å². The SMILES string of the molecule is CCOc1cc(C(C)=O)ccc1C1(C(=O)N2CCN(C3CN(CC=O)CCO3)CC2)N[C@H](c2ccc(Cl)cc2)[C@H](c2ccc(Cl)cc2)N1.Cl. The Bertz CT molecular complexity index is 1560. The lowest BCUT2D eigenvalue weighted by atomic mass is 9.94. The molecule has 3 aromatic rings. The number of halogens is 3. The van der Waals surface area contributed by atoms with Crippen molar-refractivity contribution in [3.63, 3.8) is 0 Å². The third kappa shape index (κ3) is 7.97. The molecule has 3 fully saturated rings. The van der Waals surface area contributed by atoms with Crippen LogP contribution >= 0.6 is 35.6 Å². The summed E-state index contributed by atoms with van der Waals surface area (Å²) >= 11 is 12.6. The number of carbonyl (C=O) groups is 3. The van der Waals surface area contributed by atoms with Crippen LogP contribution in [0.3, 0.4) is 0 Å². The third-order valence-electron chi connectivity index (χ3n) is 9.42. The quantitative estimate of drug-likeness (QED) is 0.224. The van der Waals surface area contributed by atoms with Gasteiger partial charge >= 0.3 is 0 Å². The molecule has 49 heavy (non-hydrogen) atoms. The van der Waals surface area contributed by atoms with Crippen molar-refractivity contribution in [3.05, 3.63) is 99.0 Å². The van der Waals surface area contributed by atoms with Crippen LogP contribution in [0.5, 0.6) is 5.75 Å². The van der Waals surface area contributed by atoms with E-state index in [1.165, 1.54) is 6.92 Å². The van der Waals surface area contributed by atoms with Gasteiger partial charge in [0, 0.05) is 60.4 Å². The zero-order chi connectivity index (χ0) is 33.8. The molecule has 2 unspecified atom stereocenters. The molecule has 3 saturated heterocycles. The van der Waals surface area contributed by atoms with Gasteiger partial charge in [0.15, 0.2) is 11.4 Å². The molecule has 0 radical (unpaired) electrons. The average Bonchev–Trinajstić information content (AvgIpc) is 3.51. The molecular weight excluding hydrogens is 689 g/mol. The number of aldehydes is 1. The van der Waals surface area contributed by atoms with Gasteiger partial charge in [-0.05, 0) is 55.3 Å². The summed E-state index contributed by atoms with van der Waals surface area (Å²) in [6.07, 6.45) is 0.786. The second-order valence-electron chi connectivity index (χ2n) is 12.4. The van der Waals surface area contributed by atoms with E-state index in [2.05, 4.69) is 20.4 Å². The smallest absolute Gasteiger partial charge is 0.262 e. The van der Waals surface area contributed by atoms with Gasteiger partial charge in [0.25, 0.3) is 5.91 Å². The van der Waals surface area contributed by atoms with Crippen molar-refractivity contribution >= 4 is 53.6 Å². The van der Waals surface area contributed by atoms with E-state index < -0.39 is 5.66 Å². The summed E-state index contributed by atoms with van der Waals surface area (Å²) in [7, 11) is 0. The second kappa shape index (κ2) is 16.3. The zero-order valence-corrected chi connectivity index (χ0v) is 29.9. The molecule has 3 aliphatic rings. The second-order valence-corrected chi connectivity index (χ2v) is 13.2. The number of nitrogens with zero attached hydrogens (tertiary/aromatic N) is 3. The van der Waals surface area contributed by atoms with E-state index in [-0.39, 0.29) is 42.4 Å². The minimum absolute atomic E-state index is 0. The minimum atomic E-state index is -1.42. The van der Waals surface area contributed by atoms with Crippen LogP contribution in [0.25, 0.3) is 0 Å². The maximum Gasteiger partial charge on any atom is 0.262 e. The predicted octanol–water partition coefficient (Wildman–Crippen LogP) is 4.85. The zero-order valence-electron chi connectivity index (χ0n) is 27.6. The molecule has 0 saturated carbocycles. The molecule has 3 heterocycles. The number of piperazine rings is 1. The Hall–Kier alpha value is -3.06. The number of benzene rings is 3. The Balaban J connectivity index is 0.00000468. The van der Waals surface area contributed by atoms with E-state index in [4.69, 9.17) is 32.7 Å². The molecule has 3 aromatic carbocycles. The molecule has 0 aromatic heterocycles. The lowest BCUT2D eigenvalue weighted by molar-refractivity contribution is -0.149. The molecule has 13 heteroatoms. The predicted molar refractivity (Wildman–Crippen MR) is 192 cm³/mol. The van der Waals surface area contributed by atoms with Crippen LogP contribution in [0.2, 0.25) is 10.0 Å². The normalized spacial score (nSPS) is 24.7. The molecule has 3 aliphatic heterocycles. The average molecular weight is 731 g/mol. The molecule has 6 rings (SSSR count). The van der Waals surface area contributed by atoms with Crippen molar-refractivity contribution in [2.45, 2.75) is 37.8 Å². The van der Waals surface area contributed by atoms with Gasteiger partial charge in [0.2, 0.25) is 0 Å². The lowest BCUT2D eigenvalue weighted by Crippen LogP contribution is -2.63. The fourth-order valence-corrected chi connectivity index (χ4v) is 7.16. The Morgan fingerprint density at radius 1 is 0.918 bits per heavy atom. The third-order valence-corrected chi connectivity index (χ3v) is 9.93. The van der Waals surface area contributed by atoms with Crippen molar-refractivity contribution < 1.29 is 23.9 Å². The highest BCUT2D eigenvalue weighted by atomic mass is 35.5. The van der Waals surface area contributed by atoms with Crippen molar-refractivity contribution in [3.8, 4) is 5.75 Å². The molecule has 4 atom stereocenters. The number of hydrogen-bond acceptors (Lipinski definition) is 9. The van der Waals surface area contributed by atoms with Crippen LogP contribution in [0.1, 0.15) is 53.0 Å². The highest BCUT2D eigenvalue weighted by Gasteiger charge is 2.54. The Morgan fingerprint density at radius 3 is 2.04 bits per heavy atom. The number of hydrogen-bond donors (Lipinski definition) is 2. The summed E-state index contributed by atoms with van der Waals surface area (Å²) in [6.45, 7) is 8.23. The van der Waals surface area contributed by atoms with Gasteiger partial charge in [-0.15, -0.1) is 12.4 Å². The van der Waals surface area contributed by atoms with Gasteiger partial charge in [0.05, 0.1) is 31.8 Å². The van der Waals surface area contributed by atoms with Crippen LogP contribution in [0, 0.1) is 0 Å². The van der Waals surface area contributed by atoms with Crippen molar-refractivity contribution in [1.82, 2.24) is 25.3 Å². The summed E-state index contributed by atoms with van der Waals surface area (Å²) < 4.78 is 12.2. The van der Waals surface area contributed by atoms with Crippen LogP contribution in [-0.4, -0.2) is 97.9 Å². The monoisotopic (exact) mass is 729 g/mol. The number of carbonyl (C=O) groups excluding carboxylic acids is 3. The maximum absolute atomic E-state index is 15.1. The Labute approximate surface area is 303 Å². The summed E-state index contributed by atoms with van der Waals surface area (Å²) in [5.41, 5.74) is 1.56. The standard InChI is InChI=1S/C36H41Cl2N5O5.ClH/c1-3-47-31-22-27(24(2)45)8-13-30(31)36(35(46)43-16-14-42(15-17-43)32-23-41(18-20-44)19-21-48-32)39-33(25-4-9-28(37)10-5-25)34(40-36)26-6-11-29(38)12-7-26;/h4-13,20,22,32-34,39-40H,3,14-19,21,23H2,1-2H3;1H/t32?,33-,34+,36?;. The minimum Gasteiger partial charge on any atom is -0.493 e. The number of morpholine rings is 1. The van der Waals surface area contributed by atoms with Gasteiger partial charge in [-0.3, -0.25) is 30.0 Å². The first-order valence-electron chi connectivity index (χ1n) is 16.4. The number of nitrogens with one attached hydrogen (secondary N) is 2. The fraction of sp³-hybridized carbons (Fsp3) is 0.417. The van der Waals surface area contributed by atoms with Gasteiger partial charge in [-0.1, -0.05) is 59.6 Å². The van der Waals surface area contributed by atoms with Gasteiger partial charge in [-0.2, -0.15) is 0 Å². The first-order valence-corrected chi connectivity index (χ1v) is 17.1. The first-order chi connectivity index (χ1) is 23.2. The van der Waals surface area contributed by atoms with E-state index in [0.29, 0.717) is 79.4 Å². The fourth-order valence-electron chi connectivity index (χ4n) is 6.91. The largest absolute Gasteiger partial charge is 0.493 e. The van der Waals surface area contributed by atoms with Crippen molar-refractivity contribution in [2.24, 2.45) is 0 Å². The molecule has 0 bridgehead atoms. The Kier molecular flexibility index (Phi) is 12.4. The van der Waals surface area contributed by atoms with E-state index in [0.717, 1.165) is 24.0 Å². The molecular formula is C36H42Cl3N5O5. The van der Waals surface area contributed by atoms with Gasteiger partial charge < -0.3 is 19.2 Å².